The molecule has 1 aliphatic rings. The van der Waals surface area contributed by atoms with Gasteiger partial charge in [-0.15, -0.1) is 0 Å². The second-order valence-electron chi connectivity index (χ2n) is 3.91. The highest BCUT2D eigenvalue weighted by atomic mass is 19.4. The third-order valence-electron chi connectivity index (χ3n) is 2.68. The Kier molecular flexibility index (Phi) is 6.67. The second-order valence-corrected chi connectivity index (χ2v) is 3.91. The number of carbonyl (C=O) groups excluding carboxylic acids is 1. The van der Waals surface area contributed by atoms with Gasteiger partial charge in [-0.2, -0.15) is 13.2 Å². The average Bonchev–Trinajstić information content (AvgIpc) is 2.28. The maximum atomic E-state index is 10.8. The number of carbonyl (C=O) groups is 2. The normalized spacial score (nSPS) is 17.8. The fourth-order valence-electron chi connectivity index (χ4n) is 1.53. The van der Waals surface area contributed by atoms with Gasteiger partial charge in [-0.3, -0.25) is 4.79 Å². The molecule has 0 unspecified atom stereocenters. The quantitative estimate of drug-likeness (QED) is 0.778. The molecule has 1 aliphatic heterocycles. The van der Waals surface area contributed by atoms with E-state index in [-0.39, 0.29) is 11.8 Å². The van der Waals surface area contributed by atoms with Gasteiger partial charge in [0.25, 0.3) is 0 Å². The topological polar surface area (TPSA) is 83.6 Å². The molecule has 0 atom stereocenters. The Hall–Kier alpha value is -1.31. The van der Waals surface area contributed by atoms with Crippen molar-refractivity contribution >= 4 is 11.9 Å². The minimum atomic E-state index is -5.08. The van der Waals surface area contributed by atoms with Gasteiger partial charge < -0.3 is 15.7 Å². The van der Waals surface area contributed by atoms with Crippen LogP contribution in [-0.4, -0.2) is 47.7 Å². The Morgan fingerprint density at radius 1 is 1.33 bits per heavy atom. The third kappa shape index (κ3) is 6.43. The van der Waals surface area contributed by atoms with Gasteiger partial charge in [-0.05, 0) is 32.5 Å². The molecule has 1 heterocycles. The lowest BCUT2D eigenvalue weighted by molar-refractivity contribution is -0.192. The number of hydrogen-bond donors (Lipinski definition) is 2. The number of hydrogen-bond acceptors (Lipinski definition) is 3. The first-order valence-corrected chi connectivity index (χ1v) is 5.50. The van der Waals surface area contributed by atoms with Gasteiger partial charge in [0.15, 0.2) is 0 Å². The number of carboxylic acid groups (broad SMARTS) is 1. The summed E-state index contributed by atoms with van der Waals surface area (Å²) < 4.78 is 31.7. The van der Waals surface area contributed by atoms with E-state index in [1.54, 1.807) is 0 Å². The van der Waals surface area contributed by atoms with Crippen LogP contribution in [-0.2, 0) is 9.59 Å². The highest BCUT2D eigenvalue weighted by Gasteiger charge is 2.38. The minimum absolute atomic E-state index is 0.124. The standard InChI is InChI=1S/C8H16N2O.C2HF3O2/c1-2-10-5-3-7(4-6-10)8(9)11;3-2(4,5)1(6)7/h7H,2-6H2,1H3,(H2,9,11);(H,6,7). The van der Waals surface area contributed by atoms with Gasteiger partial charge in [0.2, 0.25) is 5.91 Å². The van der Waals surface area contributed by atoms with Gasteiger partial charge in [0.05, 0.1) is 0 Å². The zero-order chi connectivity index (χ0) is 14.3. The summed E-state index contributed by atoms with van der Waals surface area (Å²) in [6.45, 7) is 5.30. The molecular formula is C10H17F3N2O3. The molecule has 3 N–H and O–H groups in total. The Morgan fingerprint density at radius 2 is 1.72 bits per heavy atom. The van der Waals surface area contributed by atoms with Crippen LogP contribution in [0.15, 0.2) is 0 Å². The predicted octanol–water partition coefficient (Wildman–Crippen LogP) is 0.837. The van der Waals surface area contributed by atoms with E-state index in [0.29, 0.717) is 0 Å². The van der Waals surface area contributed by atoms with Crippen LogP contribution in [0.4, 0.5) is 13.2 Å². The summed E-state index contributed by atoms with van der Waals surface area (Å²) in [5, 5.41) is 7.12. The number of rotatable bonds is 2. The molecule has 0 saturated carbocycles. The Morgan fingerprint density at radius 3 is 1.94 bits per heavy atom. The first-order chi connectivity index (χ1) is 8.18. The lowest BCUT2D eigenvalue weighted by atomic mass is 9.96. The van der Waals surface area contributed by atoms with Crippen LogP contribution in [0.25, 0.3) is 0 Å². The largest absolute Gasteiger partial charge is 0.490 e. The number of aliphatic carboxylic acids is 1. The summed E-state index contributed by atoms with van der Waals surface area (Å²) in [7, 11) is 0. The zero-order valence-electron chi connectivity index (χ0n) is 10.0. The molecule has 106 valence electrons. The second kappa shape index (κ2) is 7.20. The number of nitrogens with zero attached hydrogens (tertiary/aromatic N) is 1. The molecule has 0 radical (unpaired) electrons. The lowest BCUT2D eigenvalue weighted by Crippen LogP contribution is -2.38. The Bertz CT molecular complexity index is 287. The minimum Gasteiger partial charge on any atom is -0.475 e. The van der Waals surface area contributed by atoms with Crippen molar-refractivity contribution in [3.63, 3.8) is 0 Å². The van der Waals surface area contributed by atoms with E-state index in [1.807, 2.05) is 0 Å². The molecule has 18 heavy (non-hydrogen) atoms. The molecule has 1 fully saturated rings. The maximum Gasteiger partial charge on any atom is 0.490 e. The lowest BCUT2D eigenvalue weighted by Gasteiger charge is -2.29. The summed E-state index contributed by atoms with van der Waals surface area (Å²) in [6, 6.07) is 0. The van der Waals surface area contributed by atoms with Gasteiger partial charge in [-0.1, -0.05) is 6.92 Å². The number of halogens is 3. The molecular weight excluding hydrogens is 253 g/mol. The summed E-state index contributed by atoms with van der Waals surface area (Å²) >= 11 is 0. The Labute approximate surface area is 103 Å². The zero-order valence-corrected chi connectivity index (χ0v) is 10.0. The van der Waals surface area contributed by atoms with Crippen molar-refractivity contribution in [2.45, 2.75) is 25.9 Å². The van der Waals surface area contributed by atoms with Gasteiger partial charge >= 0.3 is 12.1 Å². The van der Waals surface area contributed by atoms with Crippen LogP contribution in [0, 0.1) is 5.92 Å². The molecule has 5 nitrogen and oxygen atoms in total. The maximum absolute atomic E-state index is 10.8. The van der Waals surface area contributed by atoms with E-state index in [4.69, 9.17) is 15.6 Å². The van der Waals surface area contributed by atoms with Crippen molar-refractivity contribution in [2.24, 2.45) is 11.7 Å². The molecule has 1 amide bonds. The number of carboxylic acids is 1. The number of likely N-dealkylation sites (tertiary alicyclic amines) is 1. The van der Waals surface area contributed by atoms with Crippen LogP contribution in [0.2, 0.25) is 0 Å². The van der Waals surface area contributed by atoms with Crippen molar-refractivity contribution in [3.8, 4) is 0 Å². The highest BCUT2D eigenvalue weighted by molar-refractivity contribution is 5.76. The van der Waals surface area contributed by atoms with Crippen LogP contribution in [0.3, 0.4) is 0 Å². The molecule has 8 heteroatoms. The molecule has 0 bridgehead atoms. The summed E-state index contributed by atoms with van der Waals surface area (Å²) in [6.07, 6.45) is -3.19. The predicted molar refractivity (Wildman–Crippen MR) is 57.7 cm³/mol. The van der Waals surface area contributed by atoms with E-state index in [0.717, 1.165) is 32.5 Å². The third-order valence-corrected chi connectivity index (χ3v) is 2.68. The smallest absolute Gasteiger partial charge is 0.475 e. The number of amides is 1. The van der Waals surface area contributed by atoms with Gasteiger partial charge in [0, 0.05) is 5.92 Å². The van der Waals surface area contributed by atoms with E-state index in [9.17, 15) is 18.0 Å². The summed E-state index contributed by atoms with van der Waals surface area (Å²) in [4.78, 5) is 22.0. The van der Waals surface area contributed by atoms with Crippen LogP contribution >= 0.6 is 0 Å². The molecule has 0 spiro atoms. The molecule has 1 rings (SSSR count). The SMILES string of the molecule is CCN1CCC(C(N)=O)CC1.O=C(O)C(F)(F)F. The van der Waals surface area contributed by atoms with Crippen molar-refractivity contribution < 1.29 is 27.9 Å². The molecule has 0 aromatic heterocycles. The van der Waals surface area contributed by atoms with Crippen molar-refractivity contribution in [1.82, 2.24) is 4.90 Å². The summed E-state index contributed by atoms with van der Waals surface area (Å²) in [5.74, 6) is -2.74. The van der Waals surface area contributed by atoms with E-state index in [1.165, 1.54) is 0 Å². The summed E-state index contributed by atoms with van der Waals surface area (Å²) in [5.41, 5.74) is 5.20. The Balaban J connectivity index is 0.000000360. The number of primary amides is 1. The average molecular weight is 270 g/mol. The van der Waals surface area contributed by atoms with Crippen LogP contribution < -0.4 is 5.73 Å². The van der Waals surface area contributed by atoms with Crippen LogP contribution in [0.5, 0.6) is 0 Å². The number of piperidine rings is 1. The first-order valence-electron chi connectivity index (χ1n) is 5.50. The number of nitrogens with two attached hydrogens (primary N) is 1. The van der Waals surface area contributed by atoms with E-state index in [2.05, 4.69) is 11.8 Å². The molecule has 0 aromatic carbocycles. The van der Waals surface area contributed by atoms with Crippen molar-refractivity contribution in [2.75, 3.05) is 19.6 Å². The molecule has 0 aliphatic carbocycles. The van der Waals surface area contributed by atoms with E-state index < -0.39 is 12.1 Å². The van der Waals surface area contributed by atoms with Crippen molar-refractivity contribution in [1.29, 1.82) is 0 Å². The first kappa shape index (κ1) is 16.7. The number of alkyl halides is 3. The van der Waals surface area contributed by atoms with Gasteiger partial charge in [0.1, 0.15) is 0 Å². The fraction of sp³-hybridized carbons (Fsp3) is 0.800. The molecule has 0 aromatic rings. The van der Waals surface area contributed by atoms with Crippen molar-refractivity contribution in [3.05, 3.63) is 0 Å². The van der Waals surface area contributed by atoms with Crippen LogP contribution in [0.1, 0.15) is 19.8 Å². The monoisotopic (exact) mass is 270 g/mol. The fourth-order valence-corrected chi connectivity index (χ4v) is 1.53. The highest BCUT2D eigenvalue weighted by Crippen LogP contribution is 2.15. The molecule has 1 saturated heterocycles. The van der Waals surface area contributed by atoms with E-state index >= 15 is 0 Å². The van der Waals surface area contributed by atoms with Gasteiger partial charge in [-0.25, -0.2) is 4.79 Å².